The van der Waals surface area contributed by atoms with E-state index in [4.69, 9.17) is 21.3 Å². The van der Waals surface area contributed by atoms with Crippen LogP contribution in [0.1, 0.15) is 63.8 Å². The molecule has 2 aliphatic heterocycles. The number of carbonyl (C=O) groups is 4. The van der Waals surface area contributed by atoms with Gasteiger partial charge in [0.25, 0.3) is 5.91 Å². The molecule has 14 nitrogen and oxygen atoms in total. The third-order valence-corrected chi connectivity index (χ3v) is 14.2. The number of alkyl halides is 3. The third kappa shape index (κ3) is 11.0. The van der Waals surface area contributed by atoms with Gasteiger partial charge in [-0.15, -0.1) is 13.2 Å². The molecular formula is C44H54ClF3N8O6Si. The van der Waals surface area contributed by atoms with Crippen LogP contribution in [0.25, 0.3) is 22.4 Å². The van der Waals surface area contributed by atoms with E-state index in [0.717, 1.165) is 12.1 Å². The molecule has 3 N–H and O–H groups in total. The van der Waals surface area contributed by atoms with Gasteiger partial charge in [-0.05, 0) is 42.6 Å². The minimum atomic E-state index is -5.06. The van der Waals surface area contributed by atoms with Crippen molar-refractivity contribution in [3.05, 3.63) is 77.3 Å². The first-order valence-electron chi connectivity index (χ1n) is 20.7. The van der Waals surface area contributed by atoms with E-state index >= 15 is 0 Å². The molecule has 2 fully saturated rings. The lowest BCUT2D eigenvalue weighted by molar-refractivity contribution is -0.274. The molecule has 4 amide bonds. The molecule has 2 unspecified atom stereocenters. The van der Waals surface area contributed by atoms with Crippen molar-refractivity contribution in [1.29, 1.82) is 0 Å². The number of benzene rings is 2. The minimum absolute atomic E-state index is 0.0282. The van der Waals surface area contributed by atoms with Gasteiger partial charge in [-0.1, -0.05) is 83.6 Å². The molecular weight excluding hydrogens is 857 g/mol. The predicted molar refractivity (Wildman–Crippen MR) is 237 cm³/mol. The lowest BCUT2D eigenvalue weighted by Crippen LogP contribution is -2.56. The van der Waals surface area contributed by atoms with Crippen molar-refractivity contribution < 1.29 is 41.8 Å². The molecule has 19 heteroatoms. The Morgan fingerprint density at radius 3 is 2.27 bits per heavy atom. The molecule has 0 bridgehead atoms. The Labute approximate surface area is 370 Å². The molecule has 6 rings (SSSR count). The average molecular weight is 911 g/mol. The van der Waals surface area contributed by atoms with E-state index in [1.807, 2.05) is 46.4 Å². The van der Waals surface area contributed by atoms with Gasteiger partial charge >= 0.3 is 12.5 Å². The largest absolute Gasteiger partial charge is 0.573 e. The quantitative estimate of drug-likeness (QED) is 0.133. The summed E-state index contributed by atoms with van der Waals surface area (Å²) in [6, 6.07) is 11.8. The van der Waals surface area contributed by atoms with E-state index in [-0.39, 0.29) is 51.7 Å². The topological polar surface area (TPSA) is 162 Å². The number of halogens is 4. The lowest BCUT2D eigenvalue weighted by Gasteiger charge is -2.42. The fourth-order valence-electron chi connectivity index (χ4n) is 8.02. The van der Waals surface area contributed by atoms with Crippen LogP contribution in [0, 0.1) is 11.3 Å². The number of hydrogen-bond acceptors (Lipinski definition) is 9. The van der Waals surface area contributed by atoms with Gasteiger partial charge in [0, 0.05) is 66.8 Å². The highest BCUT2D eigenvalue weighted by Crippen LogP contribution is 2.42. The summed E-state index contributed by atoms with van der Waals surface area (Å²) < 4.78 is 50.6. The van der Waals surface area contributed by atoms with Crippen molar-refractivity contribution in [3.8, 4) is 28.1 Å². The second kappa shape index (κ2) is 18.2. The van der Waals surface area contributed by atoms with Gasteiger partial charge in [0.1, 0.15) is 23.4 Å². The standard InChI is InChI=1S/C44H54ClF3N8O6Si/c1-25(2)37(53-42(60)61-7)40(58)56-24-63(8,9)23-34(56)38-50-21-33(51-38)28-12-10-27(11-13-28)30-18-31(45)32(19-35(30)62-44(46,47)48)52-39(57)29-14-15-36(49-20-29)55-17-16-54(22-26(55)3)41(59)43(4,5)6/h10-15,18-21,25-26,34,37H,16-17,22-24H2,1-9H3,(H,50,51)(H,52,57)(H,53,60)/t26?,34?,37-/m0/s1. The van der Waals surface area contributed by atoms with Gasteiger partial charge in [-0.25, -0.2) is 14.8 Å². The van der Waals surface area contributed by atoms with Crippen LogP contribution in [0.5, 0.6) is 5.75 Å². The minimum Gasteiger partial charge on any atom is -0.453 e. The van der Waals surface area contributed by atoms with Crippen LogP contribution < -0.4 is 20.3 Å². The molecule has 2 aliphatic rings. The summed E-state index contributed by atoms with van der Waals surface area (Å²) in [6.45, 7) is 17.3. The molecule has 3 atom stereocenters. The van der Waals surface area contributed by atoms with Crippen LogP contribution in [-0.2, 0) is 14.3 Å². The number of aromatic amines is 1. The summed E-state index contributed by atoms with van der Waals surface area (Å²) >= 11 is 6.61. The highest BCUT2D eigenvalue weighted by Gasteiger charge is 2.46. The summed E-state index contributed by atoms with van der Waals surface area (Å²) in [7, 11) is -0.626. The highest BCUT2D eigenvalue weighted by atomic mass is 35.5. The zero-order chi connectivity index (χ0) is 46.2. The number of hydrogen-bond donors (Lipinski definition) is 3. The summed E-state index contributed by atoms with van der Waals surface area (Å²) in [5.41, 5.74) is 1.14. The second-order valence-electron chi connectivity index (χ2n) is 18.2. The van der Waals surface area contributed by atoms with Crippen LogP contribution in [0.2, 0.25) is 24.2 Å². The molecule has 4 aromatic rings. The lowest BCUT2D eigenvalue weighted by atomic mass is 9.94. The number of nitrogens with one attached hydrogen (secondary N) is 3. The molecule has 2 aromatic carbocycles. The molecule has 2 saturated heterocycles. The number of methoxy groups -OCH3 is 1. The van der Waals surface area contributed by atoms with E-state index in [2.05, 4.69) is 43.3 Å². The molecule has 0 spiro atoms. The first kappa shape index (κ1) is 46.9. The number of imidazole rings is 1. The Hall–Kier alpha value is -5.62. The number of nitrogens with zero attached hydrogens (tertiary/aromatic N) is 5. The number of piperazine rings is 1. The van der Waals surface area contributed by atoms with E-state index in [1.165, 1.54) is 19.4 Å². The van der Waals surface area contributed by atoms with E-state index < -0.39 is 43.6 Å². The average Bonchev–Trinajstić information content (AvgIpc) is 3.84. The van der Waals surface area contributed by atoms with Crippen molar-refractivity contribution in [2.24, 2.45) is 11.3 Å². The predicted octanol–water partition coefficient (Wildman–Crippen LogP) is 8.54. The Balaban J connectivity index is 1.18. The summed E-state index contributed by atoms with van der Waals surface area (Å²) in [4.78, 5) is 70.4. The number of aromatic nitrogens is 3. The number of carbonyl (C=O) groups excluding carboxylic acids is 4. The van der Waals surface area contributed by atoms with Crippen molar-refractivity contribution in [3.63, 3.8) is 0 Å². The summed E-state index contributed by atoms with van der Waals surface area (Å²) in [5, 5.41) is 5.23. The first-order valence-corrected chi connectivity index (χ1v) is 24.5. The maximum atomic E-state index is 13.9. The molecule has 0 aliphatic carbocycles. The van der Waals surface area contributed by atoms with Crippen molar-refractivity contribution in [2.45, 2.75) is 85.2 Å². The van der Waals surface area contributed by atoms with E-state index in [1.54, 1.807) is 47.5 Å². The van der Waals surface area contributed by atoms with Crippen LogP contribution in [-0.4, -0.2) is 108 Å². The Bertz CT molecular complexity index is 2340. The maximum Gasteiger partial charge on any atom is 0.573 e. The zero-order valence-electron chi connectivity index (χ0n) is 36.8. The van der Waals surface area contributed by atoms with Crippen LogP contribution >= 0.6 is 11.6 Å². The van der Waals surface area contributed by atoms with Crippen LogP contribution in [0.4, 0.5) is 29.5 Å². The zero-order valence-corrected chi connectivity index (χ0v) is 38.6. The monoisotopic (exact) mass is 910 g/mol. The van der Waals surface area contributed by atoms with E-state index in [0.29, 0.717) is 54.3 Å². The van der Waals surface area contributed by atoms with Gasteiger partial charge in [0.2, 0.25) is 11.8 Å². The number of alkyl carbamates (subject to hydrolysis) is 1. The smallest absolute Gasteiger partial charge is 0.453 e. The summed E-state index contributed by atoms with van der Waals surface area (Å²) in [5.74, 6) is -0.373. The molecule has 63 heavy (non-hydrogen) atoms. The highest BCUT2D eigenvalue weighted by molar-refractivity contribution is 6.78. The Morgan fingerprint density at radius 1 is 1.00 bits per heavy atom. The SMILES string of the molecule is COC(=O)N[C@H](C(=O)N1C[Si](C)(C)CC1c1nc(-c2ccc(-c3cc(Cl)c(NC(=O)c4ccc(N5CCN(C(=O)C(C)(C)C)CC5C)nc4)cc3OC(F)(F)F)cc2)c[nH]1)C(C)C. The Morgan fingerprint density at radius 2 is 1.68 bits per heavy atom. The normalized spacial score (nSPS) is 18.3. The van der Waals surface area contributed by atoms with Gasteiger partial charge in [0.05, 0.1) is 43.2 Å². The number of amides is 4. The number of H-pyrrole nitrogens is 1. The fraction of sp³-hybridized carbons (Fsp3) is 0.455. The van der Waals surface area contributed by atoms with Crippen LogP contribution in [0.3, 0.4) is 0 Å². The van der Waals surface area contributed by atoms with Gasteiger partial charge in [-0.3, -0.25) is 14.4 Å². The van der Waals surface area contributed by atoms with Crippen molar-refractivity contribution in [1.82, 2.24) is 30.1 Å². The fourth-order valence-corrected chi connectivity index (χ4v) is 11.1. The number of anilines is 2. The molecule has 338 valence electrons. The van der Waals surface area contributed by atoms with Crippen molar-refractivity contribution >= 4 is 55.0 Å². The third-order valence-electron chi connectivity index (χ3n) is 11.2. The van der Waals surface area contributed by atoms with Crippen molar-refractivity contribution in [2.75, 3.05) is 43.1 Å². The van der Waals surface area contributed by atoms with Gasteiger partial charge < -0.3 is 39.8 Å². The second-order valence-corrected chi connectivity index (χ2v) is 23.7. The van der Waals surface area contributed by atoms with Gasteiger partial charge in [0.15, 0.2) is 0 Å². The molecule has 2 aromatic heterocycles. The molecule has 0 saturated carbocycles. The number of rotatable bonds is 10. The Kier molecular flexibility index (Phi) is 13.6. The first-order chi connectivity index (χ1) is 29.4. The number of pyridine rings is 1. The molecule has 0 radical (unpaired) electrons. The van der Waals surface area contributed by atoms with Gasteiger partial charge in [-0.2, -0.15) is 0 Å². The summed E-state index contributed by atoms with van der Waals surface area (Å²) in [6.07, 6.45) is -2.09. The number of ether oxygens (including phenoxy) is 2. The maximum absolute atomic E-state index is 13.9. The van der Waals surface area contributed by atoms with E-state index in [9.17, 15) is 32.3 Å². The molecule has 4 heterocycles. The van der Waals surface area contributed by atoms with Crippen LogP contribution in [0.15, 0.2) is 60.9 Å².